The summed E-state index contributed by atoms with van der Waals surface area (Å²) in [6.45, 7) is 2.79. The van der Waals surface area contributed by atoms with E-state index in [2.05, 4.69) is 19.9 Å². The van der Waals surface area contributed by atoms with Crippen LogP contribution >= 0.6 is 15.2 Å². The number of hydrogen-bond donors (Lipinski definition) is 6. The van der Waals surface area contributed by atoms with Gasteiger partial charge in [0.1, 0.15) is 36.2 Å². The number of aliphatic hydroxyl groups is 2. The Kier molecular flexibility index (Phi) is 15.2. The van der Waals surface area contributed by atoms with Crippen LogP contribution in [0.5, 0.6) is 0 Å². The van der Waals surface area contributed by atoms with Gasteiger partial charge in [-0.3, -0.25) is 28.3 Å². The van der Waals surface area contributed by atoms with Crippen LogP contribution in [0.15, 0.2) is 0 Å². The van der Waals surface area contributed by atoms with Gasteiger partial charge in [-0.25, -0.2) is 4.57 Å². The van der Waals surface area contributed by atoms with Crippen LogP contribution < -0.4 is 10.6 Å². The van der Waals surface area contributed by atoms with Gasteiger partial charge in [0.05, 0.1) is 26.7 Å². The van der Waals surface area contributed by atoms with Gasteiger partial charge < -0.3 is 54.1 Å². The van der Waals surface area contributed by atoms with E-state index in [1.165, 1.54) is 21.0 Å². The fourth-order valence-electron chi connectivity index (χ4n) is 4.10. The number of aliphatic hydroxyl groups excluding tert-OH is 2. The second-order valence-corrected chi connectivity index (χ2v) is 13.5. The van der Waals surface area contributed by atoms with E-state index in [0.717, 1.165) is 21.1 Å². The van der Waals surface area contributed by atoms with E-state index >= 15 is 0 Å². The maximum atomic E-state index is 13.6. The monoisotopic (exact) mass is 650 g/mol. The highest BCUT2D eigenvalue weighted by Crippen LogP contribution is 2.52. The first-order chi connectivity index (χ1) is 19.4. The molecule has 1 saturated heterocycles. The Morgan fingerprint density at radius 1 is 1.05 bits per heavy atom. The molecule has 0 spiro atoms. The molecule has 2 amide bonds. The first kappa shape index (κ1) is 38.0. The molecule has 0 aliphatic carbocycles. The number of carbonyl (C=O) groups is 4. The number of esters is 2. The molecule has 0 saturated carbocycles. The SMILES string of the molecule is COC(=O)CCC(CP(=O)(OC)[C@H](C)NC(=O)[C@@H](C)O[C@H]1[C@H](O)[C@@H](CO)O[C@H](OP(=O)(O)O)[C@@H]1NC(C)=O)C(=O)OC. The standard InChI is InChI=1S/C22H40N2O16P2/c1-11(38-19-17(23-12(2)26)22(40-42(32,33)34)39-15(9-25)18(19)28)20(29)24-13(3)41(31,37-6)10-14(21(30)36-5)7-8-16(27)35-4/h11,13-15,17-19,22,25,28H,7-10H2,1-6H3,(H,23,26)(H,24,29)(H2,32,33,34)/t11-,13-,14?,15-,17-,18-,19-,22-,41?/m1/s1. The summed E-state index contributed by atoms with van der Waals surface area (Å²) in [4.78, 5) is 67.2. The van der Waals surface area contributed by atoms with Crippen LogP contribution in [0.4, 0.5) is 0 Å². The van der Waals surface area contributed by atoms with E-state index in [1.54, 1.807) is 0 Å². The van der Waals surface area contributed by atoms with E-state index < -0.39 is 100 Å². The fraction of sp³-hybridized carbons (Fsp3) is 0.818. The Balaban J connectivity index is 3.13. The number of phosphoric ester groups is 1. The molecule has 20 heteroatoms. The number of rotatable bonds is 16. The quantitative estimate of drug-likeness (QED) is 0.0827. The smallest absolute Gasteiger partial charge is 0.469 e. The van der Waals surface area contributed by atoms with Gasteiger partial charge in [0.25, 0.3) is 0 Å². The lowest BCUT2D eigenvalue weighted by atomic mass is 9.96. The molecule has 1 fully saturated rings. The molecule has 0 bridgehead atoms. The zero-order valence-corrected chi connectivity index (χ0v) is 25.8. The molecule has 244 valence electrons. The topological polar surface area (TPSA) is 263 Å². The molecule has 9 atom stereocenters. The molecule has 42 heavy (non-hydrogen) atoms. The molecule has 6 N–H and O–H groups in total. The zero-order valence-electron chi connectivity index (χ0n) is 24.0. The van der Waals surface area contributed by atoms with Crippen molar-refractivity contribution in [3.63, 3.8) is 0 Å². The van der Waals surface area contributed by atoms with Crippen molar-refractivity contribution in [1.82, 2.24) is 10.6 Å². The van der Waals surface area contributed by atoms with E-state index in [-0.39, 0.29) is 12.8 Å². The van der Waals surface area contributed by atoms with Crippen molar-refractivity contribution < 1.29 is 76.3 Å². The highest BCUT2D eigenvalue weighted by Gasteiger charge is 2.50. The minimum absolute atomic E-state index is 0.0665. The van der Waals surface area contributed by atoms with Crippen LogP contribution in [0, 0.1) is 5.92 Å². The van der Waals surface area contributed by atoms with E-state index in [0.29, 0.717) is 0 Å². The highest BCUT2D eigenvalue weighted by atomic mass is 31.2. The molecule has 18 nitrogen and oxygen atoms in total. The summed E-state index contributed by atoms with van der Waals surface area (Å²) in [5.41, 5.74) is 0. The second kappa shape index (κ2) is 16.8. The van der Waals surface area contributed by atoms with Gasteiger partial charge >= 0.3 is 19.8 Å². The third-order valence-corrected chi connectivity index (χ3v) is 9.74. The van der Waals surface area contributed by atoms with Gasteiger partial charge in [-0.05, 0) is 20.3 Å². The van der Waals surface area contributed by atoms with E-state index in [1.807, 2.05) is 0 Å². The van der Waals surface area contributed by atoms with Crippen LogP contribution in [0.25, 0.3) is 0 Å². The summed E-state index contributed by atoms with van der Waals surface area (Å²) in [5.74, 6) is -5.22. The Morgan fingerprint density at radius 2 is 1.67 bits per heavy atom. The van der Waals surface area contributed by atoms with Crippen molar-refractivity contribution in [2.45, 2.75) is 76.1 Å². The number of methoxy groups -OCH3 is 2. The summed E-state index contributed by atoms with van der Waals surface area (Å²) in [7, 11) is -5.62. The van der Waals surface area contributed by atoms with Gasteiger partial charge in [0.15, 0.2) is 6.29 Å². The minimum atomic E-state index is -5.20. The minimum Gasteiger partial charge on any atom is -0.469 e. The Bertz CT molecular complexity index is 1040. The van der Waals surface area contributed by atoms with Crippen LogP contribution in [-0.2, 0) is 56.3 Å². The van der Waals surface area contributed by atoms with Gasteiger partial charge in [0, 0.05) is 26.6 Å². The lowest BCUT2D eigenvalue weighted by Gasteiger charge is -2.44. The van der Waals surface area contributed by atoms with Crippen molar-refractivity contribution in [2.24, 2.45) is 5.92 Å². The molecule has 1 heterocycles. The van der Waals surface area contributed by atoms with Gasteiger partial charge in [0.2, 0.25) is 19.2 Å². The molecule has 1 aliphatic heterocycles. The predicted octanol–water partition coefficient (Wildman–Crippen LogP) is -1.42. The van der Waals surface area contributed by atoms with Crippen molar-refractivity contribution >= 4 is 38.9 Å². The molecule has 1 rings (SSSR count). The first-order valence-corrected chi connectivity index (χ1v) is 16.0. The van der Waals surface area contributed by atoms with Crippen LogP contribution in [0.1, 0.15) is 33.6 Å². The van der Waals surface area contributed by atoms with E-state index in [4.69, 9.17) is 18.7 Å². The molecule has 1 aliphatic rings. The molecular weight excluding hydrogens is 610 g/mol. The lowest BCUT2D eigenvalue weighted by molar-refractivity contribution is -0.261. The largest absolute Gasteiger partial charge is 0.472 e. The van der Waals surface area contributed by atoms with Crippen molar-refractivity contribution in [2.75, 3.05) is 34.1 Å². The molecule has 0 aromatic rings. The molecule has 0 radical (unpaired) electrons. The summed E-state index contributed by atoms with van der Waals surface area (Å²) >= 11 is 0. The lowest BCUT2D eigenvalue weighted by Crippen LogP contribution is -2.66. The summed E-state index contributed by atoms with van der Waals surface area (Å²) < 4.78 is 55.1. The maximum Gasteiger partial charge on any atom is 0.472 e. The maximum absolute atomic E-state index is 13.6. The Labute approximate surface area is 242 Å². The summed E-state index contributed by atoms with van der Waals surface area (Å²) in [6, 6.07) is -1.55. The molecule has 0 aromatic carbocycles. The second-order valence-electron chi connectivity index (χ2n) is 9.39. The first-order valence-electron chi connectivity index (χ1n) is 12.6. The van der Waals surface area contributed by atoms with Gasteiger partial charge in [-0.1, -0.05) is 0 Å². The van der Waals surface area contributed by atoms with E-state index in [9.17, 15) is 48.3 Å². The van der Waals surface area contributed by atoms with Crippen LogP contribution in [0.2, 0.25) is 0 Å². The number of phosphoric acid groups is 1. The summed E-state index contributed by atoms with van der Waals surface area (Å²) in [6.07, 6.45) is -8.78. The Morgan fingerprint density at radius 3 is 2.14 bits per heavy atom. The van der Waals surface area contributed by atoms with Crippen LogP contribution in [-0.4, -0.2) is 120 Å². The Hall–Kier alpha value is -1.98. The molecule has 0 aromatic heterocycles. The third kappa shape index (κ3) is 11.3. The van der Waals surface area contributed by atoms with Gasteiger partial charge in [-0.15, -0.1) is 0 Å². The molecular formula is C22H40N2O16P2. The van der Waals surface area contributed by atoms with Crippen molar-refractivity contribution in [1.29, 1.82) is 0 Å². The molecule has 2 unspecified atom stereocenters. The number of nitrogens with one attached hydrogen (secondary N) is 2. The fourth-order valence-corrected chi connectivity index (χ4v) is 6.61. The number of amides is 2. The summed E-state index contributed by atoms with van der Waals surface area (Å²) in [5, 5.41) is 25.0. The van der Waals surface area contributed by atoms with Crippen LogP contribution in [0.3, 0.4) is 0 Å². The highest BCUT2D eigenvalue weighted by molar-refractivity contribution is 7.59. The average Bonchev–Trinajstić information content (AvgIpc) is 2.92. The zero-order chi connectivity index (χ0) is 32.4. The number of carbonyl (C=O) groups excluding carboxylic acids is 4. The normalized spacial score (nSPS) is 26.2. The van der Waals surface area contributed by atoms with Crippen molar-refractivity contribution in [3.8, 4) is 0 Å². The average molecular weight is 651 g/mol. The van der Waals surface area contributed by atoms with Crippen molar-refractivity contribution in [3.05, 3.63) is 0 Å². The number of hydrogen-bond acceptors (Lipinski definition) is 14. The third-order valence-electron chi connectivity index (χ3n) is 6.38. The predicted molar refractivity (Wildman–Crippen MR) is 141 cm³/mol. The van der Waals surface area contributed by atoms with Gasteiger partial charge in [-0.2, -0.15) is 0 Å². The number of ether oxygens (including phenoxy) is 4.